The lowest BCUT2D eigenvalue weighted by molar-refractivity contribution is -0.137. The second kappa shape index (κ2) is 5.28. The molecule has 110 valence electrons. The largest absolute Gasteiger partial charge is 0.503 e. The number of carbonyl (C=O) groups is 1. The van der Waals surface area contributed by atoms with E-state index < -0.39 is 35.4 Å². The first-order valence-electron chi connectivity index (χ1n) is 5.96. The van der Waals surface area contributed by atoms with Crippen LogP contribution in [0.4, 0.5) is 4.39 Å². The van der Waals surface area contributed by atoms with Crippen LogP contribution in [0.25, 0.3) is 11.3 Å². The van der Waals surface area contributed by atoms with Gasteiger partial charge in [0.2, 0.25) is 5.43 Å². The molecule has 0 bridgehead atoms. The van der Waals surface area contributed by atoms with Crippen LogP contribution in [-0.2, 0) is 11.3 Å². The Hall–Kier alpha value is -2.83. The van der Waals surface area contributed by atoms with Crippen LogP contribution in [0.2, 0.25) is 0 Å². The van der Waals surface area contributed by atoms with E-state index in [0.29, 0.717) is 0 Å². The molecule has 0 saturated carbocycles. The van der Waals surface area contributed by atoms with Crippen molar-refractivity contribution in [3.63, 3.8) is 0 Å². The van der Waals surface area contributed by atoms with Gasteiger partial charge in [0.15, 0.2) is 11.6 Å². The number of carboxylic acid groups (broad SMARTS) is 1. The zero-order chi connectivity index (χ0) is 15.7. The van der Waals surface area contributed by atoms with Crippen LogP contribution < -0.4 is 5.43 Å². The standard InChI is InChI=1S/C14H12FNO5/c1-7-12(19)13(20)11(8-2-4-9(15)5-3-8)16(14(7)21)6-10(17)18/h2-5,20-21H,6H2,1H3,(H,17,18). The topological polar surface area (TPSA) is 99.8 Å². The van der Waals surface area contributed by atoms with E-state index in [2.05, 4.69) is 0 Å². The molecule has 0 aliphatic carbocycles. The summed E-state index contributed by atoms with van der Waals surface area (Å²) in [5.41, 5.74) is -0.943. The van der Waals surface area contributed by atoms with Crippen molar-refractivity contribution in [2.45, 2.75) is 13.5 Å². The van der Waals surface area contributed by atoms with Crippen molar-refractivity contribution in [3.05, 3.63) is 45.9 Å². The first-order valence-corrected chi connectivity index (χ1v) is 5.96. The summed E-state index contributed by atoms with van der Waals surface area (Å²) in [6.45, 7) is 0.609. The van der Waals surface area contributed by atoms with Crippen molar-refractivity contribution in [2.24, 2.45) is 0 Å². The summed E-state index contributed by atoms with van der Waals surface area (Å²) in [6.07, 6.45) is 0. The number of rotatable bonds is 3. The number of aliphatic carboxylic acids is 1. The van der Waals surface area contributed by atoms with Crippen LogP contribution in [0.5, 0.6) is 11.6 Å². The Morgan fingerprint density at radius 3 is 2.33 bits per heavy atom. The summed E-state index contributed by atoms with van der Waals surface area (Å²) in [5, 5.41) is 28.9. The third kappa shape index (κ3) is 2.58. The Balaban J connectivity index is 2.82. The van der Waals surface area contributed by atoms with E-state index in [0.717, 1.165) is 16.7 Å². The highest BCUT2D eigenvalue weighted by Crippen LogP contribution is 2.31. The van der Waals surface area contributed by atoms with Gasteiger partial charge in [-0.25, -0.2) is 4.39 Å². The number of nitrogens with zero attached hydrogens (tertiary/aromatic N) is 1. The summed E-state index contributed by atoms with van der Waals surface area (Å²) in [7, 11) is 0. The van der Waals surface area contributed by atoms with E-state index >= 15 is 0 Å². The lowest BCUT2D eigenvalue weighted by atomic mass is 10.1. The number of pyridine rings is 1. The van der Waals surface area contributed by atoms with Gasteiger partial charge in [0.1, 0.15) is 12.4 Å². The van der Waals surface area contributed by atoms with E-state index in [4.69, 9.17) is 5.11 Å². The maximum Gasteiger partial charge on any atom is 0.323 e. The van der Waals surface area contributed by atoms with E-state index in [1.54, 1.807) is 0 Å². The first kappa shape index (κ1) is 14.6. The average Bonchev–Trinajstić information content (AvgIpc) is 2.44. The normalized spacial score (nSPS) is 10.6. The minimum atomic E-state index is -1.27. The molecule has 0 aliphatic heterocycles. The molecule has 0 saturated heterocycles. The molecule has 1 heterocycles. The van der Waals surface area contributed by atoms with Crippen LogP contribution in [-0.4, -0.2) is 25.9 Å². The highest BCUT2D eigenvalue weighted by Gasteiger charge is 2.21. The van der Waals surface area contributed by atoms with Gasteiger partial charge in [-0.05, 0) is 31.2 Å². The van der Waals surface area contributed by atoms with Crippen LogP contribution in [0.1, 0.15) is 5.56 Å². The molecule has 0 spiro atoms. The molecule has 0 unspecified atom stereocenters. The minimum absolute atomic E-state index is 0.167. The molecule has 2 aromatic rings. The summed E-state index contributed by atoms with van der Waals surface area (Å²) < 4.78 is 13.9. The van der Waals surface area contributed by atoms with Gasteiger partial charge >= 0.3 is 5.97 Å². The Bertz CT molecular complexity index is 764. The van der Waals surface area contributed by atoms with E-state index in [9.17, 15) is 24.2 Å². The van der Waals surface area contributed by atoms with Crippen molar-refractivity contribution in [2.75, 3.05) is 0 Å². The fourth-order valence-electron chi connectivity index (χ4n) is 2.01. The molecule has 0 amide bonds. The molecule has 0 fully saturated rings. The lowest BCUT2D eigenvalue weighted by Gasteiger charge is -2.17. The molecule has 0 aliphatic rings. The van der Waals surface area contributed by atoms with Crippen LogP contribution in [0.15, 0.2) is 29.1 Å². The van der Waals surface area contributed by atoms with Gasteiger partial charge in [-0.1, -0.05) is 0 Å². The quantitative estimate of drug-likeness (QED) is 0.795. The Labute approximate surface area is 118 Å². The van der Waals surface area contributed by atoms with Gasteiger partial charge in [0.25, 0.3) is 0 Å². The van der Waals surface area contributed by atoms with Crippen molar-refractivity contribution < 1.29 is 24.5 Å². The highest BCUT2D eigenvalue weighted by molar-refractivity contribution is 5.73. The van der Waals surface area contributed by atoms with Gasteiger partial charge in [-0.2, -0.15) is 0 Å². The third-order valence-corrected chi connectivity index (χ3v) is 3.05. The molecule has 0 radical (unpaired) electrons. The molecule has 2 rings (SSSR count). The van der Waals surface area contributed by atoms with Crippen LogP contribution >= 0.6 is 0 Å². The fourth-order valence-corrected chi connectivity index (χ4v) is 2.01. The highest BCUT2D eigenvalue weighted by atomic mass is 19.1. The van der Waals surface area contributed by atoms with Crippen molar-refractivity contribution in [1.82, 2.24) is 4.57 Å². The number of carboxylic acids is 1. The molecule has 1 aromatic heterocycles. The van der Waals surface area contributed by atoms with Gasteiger partial charge in [0.05, 0.1) is 11.3 Å². The first-order chi connectivity index (χ1) is 9.82. The van der Waals surface area contributed by atoms with Crippen molar-refractivity contribution in [3.8, 4) is 22.9 Å². The van der Waals surface area contributed by atoms with Crippen molar-refractivity contribution in [1.29, 1.82) is 0 Å². The molecule has 7 heteroatoms. The third-order valence-electron chi connectivity index (χ3n) is 3.05. The molecular formula is C14H12FNO5. The Kier molecular flexibility index (Phi) is 3.66. The Morgan fingerprint density at radius 2 is 1.81 bits per heavy atom. The monoisotopic (exact) mass is 293 g/mol. The predicted molar refractivity (Wildman–Crippen MR) is 71.8 cm³/mol. The van der Waals surface area contributed by atoms with Gasteiger partial charge in [-0.15, -0.1) is 0 Å². The molecule has 0 atom stereocenters. The predicted octanol–water partition coefficient (Wildman–Crippen LogP) is 1.46. The van der Waals surface area contributed by atoms with E-state index in [-0.39, 0.29) is 16.8 Å². The van der Waals surface area contributed by atoms with Crippen molar-refractivity contribution >= 4 is 5.97 Å². The van der Waals surface area contributed by atoms with Crippen LogP contribution in [0, 0.1) is 12.7 Å². The van der Waals surface area contributed by atoms with Gasteiger partial charge < -0.3 is 15.3 Å². The maximum absolute atomic E-state index is 13.0. The zero-order valence-corrected chi connectivity index (χ0v) is 11.0. The molecule has 3 N–H and O–H groups in total. The fraction of sp³-hybridized carbons (Fsp3) is 0.143. The average molecular weight is 293 g/mol. The summed E-state index contributed by atoms with van der Waals surface area (Å²) >= 11 is 0. The SMILES string of the molecule is Cc1c(O)n(CC(=O)O)c(-c2ccc(F)cc2)c(O)c1=O. The molecular weight excluding hydrogens is 281 g/mol. The smallest absolute Gasteiger partial charge is 0.323 e. The number of benzene rings is 1. The van der Waals surface area contributed by atoms with E-state index in [1.165, 1.54) is 19.1 Å². The summed E-state index contributed by atoms with van der Waals surface area (Å²) in [5.74, 6) is -3.05. The molecule has 21 heavy (non-hydrogen) atoms. The van der Waals surface area contributed by atoms with Gasteiger partial charge in [-0.3, -0.25) is 14.2 Å². The number of hydrogen-bond acceptors (Lipinski definition) is 4. The minimum Gasteiger partial charge on any atom is -0.503 e. The molecule has 1 aromatic carbocycles. The lowest BCUT2D eigenvalue weighted by Crippen LogP contribution is -2.18. The van der Waals surface area contributed by atoms with E-state index in [1.807, 2.05) is 0 Å². The number of aromatic hydroxyl groups is 2. The molecule has 6 nitrogen and oxygen atoms in total. The van der Waals surface area contributed by atoms with Crippen LogP contribution in [0.3, 0.4) is 0 Å². The number of aromatic nitrogens is 1. The Morgan fingerprint density at radius 1 is 1.24 bits per heavy atom. The van der Waals surface area contributed by atoms with Gasteiger partial charge in [0, 0.05) is 5.56 Å². The maximum atomic E-state index is 13.0. The summed E-state index contributed by atoms with van der Waals surface area (Å²) in [4.78, 5) is 22.8. The second-order valence-electron chi connectivity index (χ2n) is 4.46. The zero-order valence-electron chi connectivity index (χ0n) is 11.0. The summed E-state index contributed by atoms with van der Waals surface area (Å²) in [6, 6.07) is 4.75. The number of halogens is 1. The number of hydrogen-bond donors (Lipinski definition) is 3. The second-order valence-corrected chi connectivity index (χ2v) is 4.46.